The zero-order chi connectivity index (χ0) is 11.2. The van der Waals surface area contributed by atoms with Crippen LogP contribution in [0.25, 0.3) is 16.2 Å². The average Bonchev–Trinajstić information content (AvgIpc) is 3.03. The van der Waals surface area contributed by atoms with Gasteiger partial charge in [-0.25, -0.2) is 4.98 Å². The van der Waals surface area contributed by atoms with Gasteiger partial charge >= 0.3 is 0 Å². The molecular formula is C13H12N2OS. The molecule has 0 saturated carbocycles. The fourth-order valence-electron chi connectivity index (χ4n) is 2.51. The molecule has 0 spiro atoms. The van der Waals surface area contributed by atoms with Gasteiger partial charge in [0.15, 0.2) is 4.96 Å². The summed E-state index contributed by atoms with van der Waals surface area (Å²) in [4.78, 5) is 7.33. The van der Waals surface area contributed by atoms with Crippen LogP contribution in [0.1, 0.15) is 23.4 Å². The number of imidazole rings is 1. The topological polar surface area (TPSA) is 30.4 Å². The van der Waals surface area contributed by atoms with E-state index in [1.165, 1.54) is 36.3 Å². The molecule has 3 heterocycles. The molecule has 17 heavy (non-hydrogen) atoms. The van der Waals surface area contributed by atoms with Crippen LogP contribution < -0.4 is 0 Å². The zero-order valence-corrected chi connectivity index (χ0v) is 10.2. The molecule has 4 rings (SSSR count). The van der Waals surface area contributed by atoms with E-state index in [1.807, 2.05) is 17.4 Å². The van der Waals surface area contributed by atoms with Gasteiger partial charge in [-0.2, -0.15) is 0 Å². The van der Waals surface area contributed by atoms with Crippen molar-refractivity contribution in [2.75, 3.05) is 0 Å². The summed E-state index contributed by atoms with van der Waals surface area (Å²) in [5.41, 5.74) is 3.54. The van der Waals surface area contributed by atoms with Gasteiger partial charge in [0, 0.05) is 22.3 Å². The monoisotopic (exact) mass is 244 g/mol. The van der Waals surface area contributed by atoms with E-state index in [1.54, 1.807) is 12.5 Å². The van der Waals surface area contributed by atoms with Crippen LogP contribution >= 0.6 is 11.3 Å². The first-order chi connectivity index (χ1) is 8.42. The van der Waals surface area contributed by atoms with Crippen LogP contribution in [0.4, 0.5) is 0 Å². The van der Waals surface area contributed by atoms with Crippen molar-refractivity contribution in [2.24, 2.45) is 0 Å². The normalized spacial score (nSPS) is 15.3. The van der Waals surface area contributed by atoms with Crippen LogP contribution in [0.15, 0.2) is 29.2 Å². The lowest BCUT2D eigenvalue weighted by Crippen LogP contribution is -2.01. The third kappa shape index (κ3) is 1.37. The lowest BCUT2D eigenvalue weighted by atomic mass is 10.0. The molecular weight excluding hydrogens is 232 g/mol. The highest BCUT2D eigenvalue weighted by Gasteiger charge is 2.18. The van der Waals surface area contributed by atoms with Gasteiger partial charge in [-0.15, -0.1) is 11.3 Å². The third-order valence-electron chi connectivity index (χ3n) is 3.39. The van der Waals surface area contributed by atoms with Crippen molar-refractivity contribution in [1.29, 1.82) is 0 Å². The number of aromatic nitrogens is 2. The van der Waals surface area contributed by atoms with Crippen molar-refractivity contribution in [3.05, 3.63) is 35.4 Å². The first-order valence-electron chi connectivity index (χ1n) is 5.94. The van der Waals surface area contributed by atoms with Gasteiger partial charge in [-0.3, -0.25) is 4.40 Å². The van der Waals surface area contributed by atoms with Crippen molar-refractivity contribution in [3.63, 3.8) is 0 Å². The molecule has 86 valence electrons. The van der Waals surface area contributed by atoms with E-state index in [0.717, 1.165) is 16.2 Å². The standard InChI is InChI=1S/C13H12N2OS/c1-2-4-12-11(3-1)15-7-10(14-13(15)17-12)9-5-6-16-8-9/h5-8H,1-4H2. The molecule has 0 unspecified atom stereocenters. The highest BCUT2D eigenvalue weighted by Crippen LogP contribution is 2.32. The number of furan rings is 1. The lowest BCUT2D eigenvalue weighted by molar-refractivity contribution is 0.568. The third-order valence-corrected chi connectivity index (χ3v) is 4.54. The van der Waals surface area contributed by atoms with Crippen LogP contribution in [-0.4, -0.2) is 9.38 Å². The van der Waals surface area contributed by atoms with Crippen molar-refractivity contribution in [2.45, 2.75) is 25.7 Å². The molecule has 1 aliphatic carbocycles. The molecule has 0 fully saturated rings. The summed E-state index contributed by atoms with van der Waals surface area (Å²) in [6.45, 7) is 0. The second-order valence-corrected chi connectivity index (χ2v) is 5.53. The van der Waals surface area contributed by atoms with Gasteiger partial charge in [0.05, 0.1) is 18.2 Å². The van der Waals surface area contributed by atoms with E-state index in [9.17, 15) is 0 Å². The quantitative estimate of drug-likeness (QED) is 0.655. The zero-order valence-electron chi connectivity index (χ0n) is 9.35. The second-order valence-electron chi connectivity index (χ2n) is 4.47. The van der Waals surface area contributed by atoms with E-state index in [4.69, 9.17) is 4.42 Å². The number of rotatable bonds is 1. The van der Waals surface area contributed by atoms with Crippen LogP contribution in [0.5, 0.6) is 0 Å². The minimum absolute atomic E-state index is 1.01. The Morgan fingerprint density at radius 2 is 2.24 bits per heavy atom. The van der Waals surface area contributed by atoms with Crippen molar-refractivity contribution in [1.82, 2.24) is 9.38 Å². The molecule has 0 aromatic carbocycles. The van der Waals surface area contributed by atoms with Gasteiger partial charge < -0.3 is 4.42 Å². The second kappa shape index (κ2) is 3.47. The molecule has 0 N–H and O–H groups in total. The van der Waals surface area contributed by atoms with E-state index >= 15 is 0 Å². The fraction of sp³-hybridized carbons (Fsp3) is 0.308. The predicted molar refractivity (Wildman–Crippen MR) is 67.4 cm³/mol. The Morgan fingerprint density at radius 3 is 3.12 bits per heavy atom. The maximum atomic E-state index is 5.11. The molecule has 3 aromatic rings. The maximum absolute atomic E-state index is 5.11. The fourth-order valence-corrected chi connectivity index (χ4v) is 3.70. The van der Waals surface area contributed by atoms with Gasteiger partial charge in [0.1, 0.15) is 0 Å². The van der Waals surface area contributed by atoms with Crippen LogP contribution in [0.2, 0.25) is 0 Å². The molecule has 0 saturated heterocycles. The summed E-state index contributed by atoms with van der Waals surface area (Å²) in [6, 6.07) is 1.96. The number of aryl methyl sites for hydroxylation is 2. The SMILES string of the molecule is c1cc(-c2cn3c4c(sc3n2)CCCC4)co1. The number of nitrogens with zero attached hydrogens (tertiary/aromatic N) is 2. The highest BCUT2D eigenvalue weighted by molar-refractivity contribution is 7.17. The molecule has 0 radical (unpaired) electrons. The molecule has 0 aliphatic heterocycles. The number of thiazole rings is 1. The van der Waals surface area contributed by atoms with Gasteiger partial charge in [0.2, 0.25) is 0 Å². The van der Waals surface area contributed by atoms with Gasteiger partial charge in [-0.05, 0) is 31.7 Å². The summed E-state index contributed by atoms with van der Waals surface area (Å²) < 4.78 is 7.37. The smallest absolute Gasteiger partial charge is 0.194 e. The number of fused-ring (bicyclic) bond motifs is 3. The largest absolute Gasteiger partial charge is 0.472 e. The molecule has 4 heteroatoms. The average molecular weight is 244 g/mol. The molecule has 3 aromatic heterocycles. The first-order valence-corrected chi connectivity index (χ1v) is 6.76. The van der Waals surface area contributed by atoms with Crippen molar-refractivity contribution in [3.8, 4) is 11.3 Å². The molecule has 0 amide bonds. The van der Waals surface area contributed by atoms with E-state index in [2.05, 4.69) is 15.6 Å². The molecule has 0 bridgehead atoms. The summed E-state index contributed by atoms with van der Waals surface area (Å²) in [7, 11) is 0. The Bertz CT molecular complexity index is 663. The first kappa shape index (κ1) is 9.48. The molecule has 0 atom stereocenters. The van der Waals surface area contributed by atoms with E-state index in [0.29, 0.717) is 0 Å². The summed E-state index contributed by atoms with van der Waals surface area (Å²) >= 11 is 1.84. The van der Waals surface area contributed by atoms with E-state index in [-0.39, 0.29) is 0 Å². The van der Waals surface area contributed by atoms with Crippen molar-refractivity contribution < 1.29 is 4.42 Å². The Kier molecular flexibility index (Phi) is 1.93. The van der Waals surface area contributed by atoms with E-state index < -0.39 is 0 Å². The van der Waals surface area contributed by atoms with Crippen LogP contribution in [0, 0.1) is 0 Å². The van der Waals surface area contributed by atoms with Crippen molar-refractivity contribution >= 4 is 16.3 Å². The van der Waals surface area contributed by atoms with Gasteiger partial charge in [0.25, 0.3) is 0 Å². The molecule has 3 nitrogen and oxygen atoms in total. The summed E-state index contributed by atoms with van der Waals surface area (Å²) in [6.07, 6.45) is 10.6. The number of hydrogen-bond acceptors (Lipinski definition) is 3. The Hall–Kier alpha value is -1.55. The number of hydrogen-bond donors (Lipinski definition) is 0. The molecule has 1 aliphatic rings. The maximum Gasteiger partial charge on any atom is 0.194 e. The highest BCUT2D eigenvalue weighted by atomic mass is 32.1. The van der Waals surface area contributed by atoms with Gasteiger partial charge in [-0.1, -0.05) is 0 Å². The van der Waals surface area contributed by atoms with Crippen LogP contribution in [0.3, 0.4) is 0 Å². The summed E-state index contributed by atoms with van der Waals surface area (Å²) in [5, 5.41) is 0. The lowest BCUT2D eigenvalue weighted by Gasteiger charge is -2.09. The minimum Gasteiger partial charge on any atom is -0.472 e. The Balaban J connectivity index is 1.91. The predicted octanol–water partition coefficient (Wildman–Crippen LogP) is 3.53. The Morgan fingerprint density at radius 1 is 1.29 bits per heavy atom. The Labute approximate surface area is 103 Å². The minimum atomic E-state index is 1.01. The summed E-state index contributed by atoms with van der Waals surface area (Å²) in [5.74, 6) is 0. The van der Waals surface area contributed by atoms with Crippen LogP contribution in [-0.2, 0) is 12.8 Å².